The van der Waals surface area contributed by atoms with Gasteiger partial charge in [0.25, 0.3) is 0 Å². The summed E-state index contributed by atoms with van der Waals surface area (Å²) < 4.78 is 0. The Morgan fingerprint density at radius 1 is 1.18 bits per heavy atom. The number of rotatable bonds is 6. The summed E-state index contributed by atoms with van der Waals surface area (Å²) in [5.74, 6) is 0.236. The lowest BCUT2D eigenvalue weighted by Crippen LogP contribution is -2.27. The summed E-state index contributed by atoms with van der Waals surface area (Å²) in [4.78, 5) is 6.74. The minimum Gasteiger partial charge on any atom is -0.390 e. The van der Waals surface area contributed by atoms with Crippen LogP contribution < -0.4 is 4.90 Å². The average Bonchev–Trinajstić information content (AvgIpc) is 2.86. The molecule has 2 N–H and O–H groups in total. The Kier molecular flexibility index (Phi) is 5.27. The van der Waals surface area contributed by atoms with E-state index in [0.717, 1.165) is 24.5 Å². The van der Waals surface area contributed by atoms with Gasteiger partial charge >= 0.3 is 0 Å². The molecule has 0 fully saturated rings. The third kappa shape index (κ3) is 3.17. The summed E-state index contributed by atoms with van der Waals surface area (Å²) in [6, 6.07) is 7.91. The Hall–Kier alpha value is -2.21. The number of hydrogen-bond donors (Lipinski definition) is 2. The fraction of sp³-hybridized carbons (Fsp3) is 0.438. The van der Waals surface area contributed by atoms with Crippen LogP contribution in [0.3, 0.4) is 0 Å². The predicted molar refractivity (Wildman–Crippen MR) is 91.7 cm³/mol. The number of anilines is 1. The molecule has 0 aromatic heterocycles. The van der Waals surface area contributed by atoms with Crippen molar-refractivity contribution in [2.24, 2.45) is 10.1 Å². The molecule has 0 saturated carbocycles. The first kappa shape index (κ1) is 16.2. The summed E-state index contributed by atoms with van der Waals surface area (Å²) in [6.45, 7) is 8.46. The van der Waals surface area contributed by atoms with Crippen molar-refractivity contribution in [1.29, 1.82) is 5.41 Å². The number of amidine groups is 1. The third-order valence-corrected chi connectivity index (χ3v) is 3.67. The fourth-order valence-electron chi connectivity index (χ4n) is 2.41. The number of hydrazone groups is 1. The lowest BCUT2D eigenvalue weighted by Gasteiger charge is -2.20. The quantitative estimate of drug-likeness (QED) is 0.846. The van der Waals surface area contributed by atoms with Gasteiger partial charge in [-0.3, -0.25) is 5.41 Å². The van der Waals surface area contributed by atoms with E-state index in [2.05, 4.69) is 28.8 Å². The highest BCUT2D eigenvalue weighted by Gasteiger charge is 2.26. The molecule has 0 unspecified atom stereocenters. The molecular weight excluding hydrogens is 278 g/mol. The molecule has 1 aromatic carbocycles. The van der Waals surface area contributed by atoms with Crippen LogP contribution in [0.15, 0.2) is 34.4 Å². The fourth-order valence-corrected chi connectivity index (χ4v) is 2.41. The second-order valence-corrected chi connectivity index (χ2v) is 4.92. The largest absolute Gasteiger partial charge is 0.390 e. The van der Waals surface area contributed by atoms with E-state index in [-0.39, 0.29) is 12.4 Å². The molecular formula is C16H23N5O. The van der Waals surface area contributed by atoms with Crippen molar-refractivity contribution >= 4 is 28.6 Å². The lowest BCUT2D eigenvalue weighted by molar-refractivity contribution is 0.356. The van der Waals surface area contributed by atoms with Gasteiger partial charge in [0.2, 0.25) is 0 Å². The Labute approximate surface area is 131 Å². The topological polar surface area (TPSA) is 75.3 Å². The molecule has 0 radical (unpaired) electrons. The van der Waals surface area contributed by atoms with E-state index >= 15 is 0 Å². The van der Waals surface area contributed by atoms with Gasteiger partial charge in [-0.1, -0.05) is 0 Å². The molecule has 0 aliphatic carbocycles. The Bertz CT molecular complexity index is 587. The first-order chi connectivity index (χ1) is 10.6. The van der Waals surface area contributed by atoms with E-state index in [4.69, 9.17) is 5.41 Å². The van der Waals surface area contributed by atoms with Crippen LogP contribution >= 0.6 is 0 Å². The molecule has 118 valence electrons. The molecule has 0 atom stereocenters. The average molecular weight is 301 g/mol. The molecule has 6 heteroatoms. The van der Waals surface area contributed by atoms with Crippen LogP contribution in [0.25, 0.3) is 0 Å². The van der Waals surface area contributed by atoms with Gasteiger partial charge in [-0.2, -0.15) is 5.10 Å². The van der Waals surface area contributed by atoms with Gasteiger partial charge in [-0.15, -0.1) is 0 Å². The number of hydrogen-bond acceptors (Lipinski definition) is 5. The van der Waals surface area contributed by atoms with E-state index < -0.39 is 0 Å². The van der Waals surface area contributed by atoms with Gasteiger partial charge in [0.05, 0.1) is 12.3 Å². The normalized spacial score (nSPS) is 16.4. The van der Waals surface area contributed by atoms with E-state index in [1.807, 2.05) is 31.2 Å². The van der Waals surface area contributed by atoms with Gasteiger partial charge in [-0.25, -0.2) is 10.0 Å². The molecule has 1 aliphatic heterocycles. The van der Waals surface area contributed by atoms with Crippen molar-refractivity contribution in [1.82, 2.24) is 5.01 Å². The Balaban J connectivity index is 2.26. The van der Waals surface area contributed by atoms with Crippen molar-refractivity contribution in [2.75, 3.05) is 31.1 Å². The van der Waals surface area contributed by atoms with Gasteiger partial charge < -0.3 is 10.0 Å². The molecule has 1 aromatic rings. The first-order valence-corrected chi connectivity index (χ1v) is 7.63. The number of nitrogens with one attached hydrogen (secondary N) is 1. The number of aliphatic hydroxyl groups excluding tert-OH is 1. The molecule has 0 spiro atoms. The standard InChI is InChI=1S/C16H23N5O/c1-4-20(5-2)13-9-7-12(8-10-13)18-15-14(11-22)19-21(6-3)16(15)17/h7-10,17,22H,4-6,11H2,1-3H3. The maximum absolute atomic E-state index is 9.38. The van der Waals surface area contributed by atoms with Crippen LogP contribution in [0.5, 0.6) is 0 Å². The van der Waals surface area contributed by atoms with E-state index in [0.29, 0.717) is 18.0 Å². The zero-order valence-corrected chi connectivity index (χ0v) is 13.4. The number of nitrogens with zero attached hydrogens (tertiary/aromatic N) is 4. The van der Waals surface area contributed by atoms with E-state index in [1.54, 1.807) is 0 Å². The summed E-state index contributed by atoms with van der Waals surface area (Å²) >= 11 is 0. The Morgan fingerprint density at radius 3 is 2.32 bits per heavy atom. The maximum Gasteiger partial charge on any atom is 0.169 e. The van der Waals surface area contributed by atoms with Crippen LogP contribution in [0.4, 0.5) is 11.4 Å². The first-order valence-electron chi connectivity index (χ1n) is 7.63. The van der Waals surface area contributed by atoms with Gasteiger partial charge in [0.1, 0.15) is 11.4 Å². The molecule has 2 rings (SSSR count). The molecule has 6 nitrogen and oxygen atoms in total. The van der Waals surface area contributed by atoms with Crippen molar-refractivity contribution in [3.05, 3.63) is 24.3 Å². The molecule has 0 saturated heterocycles. The summed E-state index contributed by atoms with van der Waals surface area (Å²) in [6.07, 6.45) is 0. The minimum atomic E-state index is -0.213. The molecule has 22 heavy (non-hydrogen) atoms. The van der Waals surface area contributed by atoms with Crippen LogP contribution in [-0.2, 0) is 0 Å². The van der Waals surface area contributed by atoms with Crippen molar-refractivity contribution < 1.29 is 5.11 Å². The number of aliphatic imine (C=N–C) groups is 1. The second-order valence-electron chi connectivity index (χ2n) is 4.92. The van der Waals surface area contributed by atoms with Gasteiger partial charge in [0, 0.05) is 25.3 Å². The zero-order chi connectivity index (χ0) is 16.1. The number of benzene rings is 1. The highest BCUT2D eigenvalue weighted by Crippen LogP contribution is 2.21. The van der Waals surface area contributed by atoms with Crippen LogP contribution in [0, 0.1) is 5.41 Å². The van der Waals surface area contributed by atoms with Gasteiger partial charge in [0.15, 0.2) is 5.84 Å². The SMILES string of the molecule is CCN1N=C(CO)C(=Nc2ccc(N(CC)CC)cc2)C1=N. The molecule has 0 amide bonds. The lowest BCUT2D eigenvalue weighted by atomic mass is 10.2. The summed E-state index contributed by atoms with van der Waals surface area (Å²) in [5, 5.41) is 23.2. The van der Waals surface area contributed by atoms with E-state index in [9.17, 15) is 5.11 Å². The Morgan fingerprint density at radius 2 is 1.82 bits per heavy atom. The van der Waals surface area contributed by atoms with Crippen LogP contribution in [-0.4, -0.2) is 53.6 Å². The maximum atomic E-state index is 9.38. The highest BCUT2D eigenvalue weighted by molar-refractivity contribution is 6.70. The third-order valence-electron chi connectivity index (χ3n) is 3.67. The molecule has 1 heterocycles. The smallest absolute Gasteiger partial charge is 0.169 e. The predicted octanol–water partition coefficient (Wildman–Crippen LogP) is 2.27. The van der Waals surface area contributed by atoms with Crippen molar-refractivity contribution in [2.45, 2.75) is 20.8 Å². The number of aliphatic hydroxyl groups is 1. The molecule has 0 bridgehead atoms. The summed E-state index contributed by atoms with van der Waals surface area (Å²) in [7, 11) is 0. The zero-order valence-electron chi connectivity index (χ0n) is 13.4. The highest BCUT2D eigenvalue weighted by atomic mass is 16.3. The van der Waals surface area contributed by atoms with Gasteiger partial charge in [-0.05, 0) is 45.0 Å². The monoisotopic (exact) mass is 301 g/mol. The van der Waals surface area contributed by atoms with Crippen LogP contribution in [0.1, 0.15) is 20.8 Å². The van der Waals surface area contributed by atoms with Crippen LogP contribution in [0.2, 0.25) is 0 Å². The second kappa shape index (κ2) is 7.17. The van der Waals surface area contributed by atoms with Crippen molar-refractivity contribution in [3.63, 3.8) is 0 Å². The summed E-state index contributed by atoms with van der Waals surface area (Å²) in [5.41, 5.74) is 2.80. The molecule has 1 aliphatic rings. The van der Waals surface area contributed by atoms with Crippen molar-refractivity contribution in [3.8, 4) is 0 Å². The van der Waals surface area contributed by atoms with E-state index in [1.165, 1.54) is 5.01 Å². The minimum absolute atomic E-state index is 0.213.